The standard InChI is InChI=1S/C19H19N3O4S/c1-4-17(23)22-19-21-13-7-6-12(10-16(13)27-19)20-18(24)11-5-8-14(25-2)15(9-11)26-3/h5-10H,4H2,1-3H3,(H,20,24)(H,21,22,23). The molecule has 27 heavy (non-hydrogen) atoms. The number of carbonyl (C=O) groups excluding carboxylic acids is 2. The molecule has 0 radical (unpaired) electrons. The molecule has 0 aliphatic carbocycles. The molecule has 140 valence electrons. The van der Waals surface area contributed by atoms with E-state index < -0.39 is 0 Å². The number of anilines is 2. The Morgan fingerprint density at radius 1 is 1.04 bits per heavy atom. The topological polar surface area (TPSA) is 89.6 Å². The molecule has 0 aliphatic rings. The van der Waals surface area contributed by atoms with Crippen molar-refractivity contribution in [3.05, 3.63) is 42.0 Å². The van der Waals surface area contributed by atoms with Gasteiger partial charge in [-0.15, -0.1) is 0 Å². The summed E-state index contributed by atoms with van der Waals surface area (Å²) in [5.74, 6) is 0.691. The van der Waals surface area contributed by atoms with Crippen molar-refractivity contribution in [1.82, 2.24) is 4.98 Å². The first kappa shape index (κ1) is 18.7. The molecule has 0 saturated carbocycles. The van der Waals surface area contributed by atoms with Gasteiger partial charge in [-0.1, -0.05) is 18.3 Å². The molecule has 0 bridgehead atoms. The second kappa shape index (κ2) is 8.05. The van der Waals surface area contributed by atoms with Gasteiger partial charge in [-0.2, -0.15) is 0 Å². The van der Waals surface area contributed by atoms with E-state index in [9.17, 15) is 9.59 Å². The van der Waals surface area contributed by atoms with E-state index in [1.807, 2.05) is 6.07 Å². The molecule has 0 atom stereocenters. The summed E-state index contributed by atoms with van der Waals surface area (Å²) in [5, 5.41) is 6.14. The van der Waals surface area contributed by atoms with E-state index in [4.69, 9.17) is 9.47 Å². The Hall–Kier alpha value is -3.13. The third-order valence-electron chi connectivity index (χ3n) is 3.86. The summed E-state index contributed by atoms with van der Waals surface area (Å²) in [6.45, 7) is 1.78. The first-order valence-electron chi connectivity index (χ1n) is 8.28. The van der Waals surface area contributed by atoms with Gasteiger partial charge >= 0.3 is 0 Å². The molecule has 2 N–H and O–H groups in total. The highest BCUT2D eigenvalue weighted by molar-refractivity contribution is 7.22. The maximum absolute atomic E-state index is 12.5. The van der Waals surface area contributed by atoms with Crippen LogP contribution < -0.4 is 20.1 Å². The van der Waals surface area contributed by atoms with Crippen molar-refractivity contribution in [2.75, 3.05) is 24.9 Å². The highest BCUT2D eigenvalue weighted by atomic mass is 32.1. The van der Waals surface area contributed by atoms with Crippen molar-refractivity contribution in [2.24, 2.45) is 0 Å². The average molecular weight is 385 g/mol. The van der Waals surface area contributed by atoms with Crippen molar-refractivity contribution in [3.63, 3.8) is 0 Å². The van der Waals surface area contributed by atoms with Crippen LogP contribution in [0.4, 0.5) is 10.8 Å². The van der Waals surface area contributed by atoms with Crippen LogP contribution in [0.3, 0.4) is 0 Å². The number of rotatable bonds is 6. The van der Waals surface area contributed by atoms with Crippen LogP contribution in [-0.2, 0) is 4.79 Å². The molecule has 0 spiro atoms. The van der Waals surface area contributed by atoms with Crippen molar-refractivity contribution in [1.29, 1.82) is 0 Å². The summed E-state index contributed by atoms with van der Waals surface area (Å²) in [5.41, 5.74) is 1.85. The van der Waals surface area contributed by atoms with Crippen LogP contribution in [0.15, 0.2) is 36.4 Å². The Kier molecular flexibility index (Phi) is 5.56. The molecule has 7 nitrogen and oxygen atoms in total. The van der Waals surface area contributed by atoms with Gasteiger partial charge in [-0.05, 0) is 36.4 Å². The number of thiazole rings is 1. The van der Waals surface area contributed by atoms with Crippen LogP contribution in [0, 0.1) is 0 Å². The predicted molar refractivity (Wildman–Crippen MR) is 106 cm³/mol. The zero-order valence-corrected chi connectivity index (χ0v) is 16.0. The van der Waals surface area contributed by atoms with Crippen LogP contribution in [0.2, 0.25) is 0 Å². The normalized spacial score (nSPS) is 10.5. The number of nitrogens with zero attached hydrogens (tertiary/aromatic N) is 1. The number of benzene rings is 2. The van der Waals surface area contributed by atoms with Gasteiger partial charge in [0.1, 0.15) is 0 Å². The summed E-state index contributed by atoms with van der Waals surface area (Å²) in [4.78, 5) is 28.4. The largest absolute Gasteiger partial charge is 0.493 e. The number of fused-ring (bicyclic) bond motifs is 1. The van der Waals surface area contributed by atoms with E-state index in [0.29, 0.717) is 34.3 Å². The Labute approximate surface area is 160 Å². The highest BCUT2D eigenvalue weighted by Gasteiger charge is 2.12. The minimum absolute atomic E-state index is 0.0870. The minimum atomic E-state index is -0.265. The first-order chi connectivity index (χ1) is 13.0. The number of ether oxygens (including phenoxy) is 2. The Bertz CT molecular complexity index is 1000. The summed E-state index contributed by atoms with van der Waals surface area (Å²) in [6.07, 6.45) is 0.391. The first-order valence-corrected chi connectivity index (χ1v) is 9.09. The Balaban J connectivity index is 1.79. The molecule has 2 aromatic carbocycles. The Morgan fingerprint density at radius 3 is 2.52 bits per heavy atom. The second-order valence-electron chi connectivity index (χ2n) is 5.63. The fourth-order valence-electron chi connectivity index (χ4n) is 2.44. The predicted octanol–water partition coefficient (Wildman–Crippen LogP) is 3.91. The van der Waals surface area contributed by atoms with Crippen LogP contribution in [0.1, 0.15) is 23.7 Å². The number of aromatic nitrogens is 1. The van der Waals surface area contributed by atoms with E-state index in [2.05, 4.69) is 15.6 Å². The fourth-order valence-corrected chi connectivity index (χ4v) is 3.37. The van der Waals surface area contributed by atoms with Crippen LogP contribution in [-0.4, -0.2) is 31.0 Å². The minimum Gasteiger partial charge on any atom is -0.493 e. The smallest absolute Gasteiger partial charge is 0.255 e. The molecule has 0 unspecified atom stereocenters. The quantitative estimate of drug-likeness (QED) is 0.671. The van der Waals surface area contributed by atoms with Crippen molar-refractivity contribution in [3.8, 4) is 11.5 Å². The van der Waals surface area contributed by atoms with Gasteiger partial charge in [0.15, 0.2) is 16.6 Å². The van der Waals surface area contributed by atoms with E-state index >= 15 is 0 Å². The lowest BCUT2D eigenvalue weighted by Gasteiger charge is -2.10. The lowest BCUT2D eigenvalue weighted by atomic mass is 10.2. The number of hydrogen-bond acceptors (Lipinski definition) is 6. The molecule has 3 rings (SSSR count). The number of carbonyl (C=O) groups is 2. The molecular formula is C19H19N3O4S. The molecule has 0 fully saturated rings. The third kappa shape index (κ3) is 4.17. The summed E-state index contributed by atoms with van der Waals surface area (Å²) in [7, 11) is 3.06. The van der Waals surface area contributed by atoms with Gasteiger partial charge in [-0.3, -0.25) is 9.59 Å². The van der Waals surface area contributed by atoms with Gasteiger partial charge < -0.3 is 20.1 Å². The van der Waals surface area contributed by atoms with Gasteiger partial charge in [0.25, 0.3) is 5.91 Å². The lowest BCUT2D eigenvalue weighted by Crippen LogP contribution is -2.12. The number of amides is 2. The van der Waals surface area contributed by atoms with E-state index in [1.54, 1.807) is 44.4 Å². The number of methoxy groups -OCH3 is 2. The molecule has 1 aromatic heterocycles. The van der Waals surface area contributed by atoms with Gasteiger partial charge in [0.2, 0.25) is 5.91 Å². The molecule has 0 aliphatic heterocycles. The fraction of sp³-hybridized carbons (Fsp3) is 0.211. The maximum Gasteiger partial charge on any atom is 0.255 e. The Morgan fingerprint density at radius 2 is 1.81 bits per heavy atom. The summed E-state index contributed by atoms with van der Waals surface area (Å²) in [6, 6.07) is 10.4. The summed E-state index contributed by atoms with van der Waals surface area (Å²) >= 11 is 1.36. The molecule has 0 saturated heterocycles. The van der Waals surface area contributed by atoms with E-state index in [-0.39, 0.29) is 11.8 Å². The van der Waals surface area contributed by atoms with Crippen LogP contribution in [0.25, 0.3) is 10.2 Å². The number of hydrogen-bond donors (Lipinski definition) is 2. The van der Waals surface area contributed by atoms with E-state index in [0.717, 1.165) is 10.2 Å². The zero-order chi connectivity index (χ0) is 19.4. The maximum atomic E-state index is 12.5. The van der Waals surface area contributed by atoms with Gasteiger partial charge in [0, 0.05) is 17.7 Å². The molecule has 2 amide bonds. The molecular weight excluding hydrogens is 366 g/mol. The lowest BCUT2D eigenvalue weighted by molar-refractivity contribution is -0.115. The zero-order valence-electron chi connectivity index (χ0n) is 15.2. The van der Waals surface area contributed by atoms with Crippen molar-refractivity contribution in [2.45, 2.75) is 13.3 Å². The highest BCUT2D eigenvalue weighted by Crippen LogP contribution is 2.30. The van der Waals surface area contributed by atoms with Crippen molar-refractivity contribution >= 4 is 44.2 Å². The molecule has 8 heteroatoms. The third-order valence-corrected chi connectivity index (χ3v) is 4.79. The van der Waals surface area contributed by atoms with Gasteiger partial charge in [0.05, 0.1) is 24.4 Å². The van der Waals surface area contributed by atoms with E-state index in [1.165, 1.54) is 18.4 Å². The SMILES string of the molecule is CCC(=O)Nc1nc2ccc(NC(=O)c3ccc(OC)c(OC)c3)cc2s1. The second-order valence-corrected chi connectivity index (χ2v) is 6.66. The molecule has 1 heterocycles. The number of nitrogens with one attached hydrogen (secondary N) is 2. The van der Waals surface area contributed by atoms with Crippen molar-refractivity contribution < 1.29 is 19.1 Å². The summed E-state index contributed by atoms with van der Waals surface area (Å²) < 4.78 is 11.3. The van der Waals surface area contributed by atoms with Crippen LogP contribution in [0.5, 0.6) is 11.5 Å². The van der Waals surface area contributed by atoms with Gasteiger partial charge in [-0.25, -0.2) is 4.98 Å². The van der Waals surface area contributed by atoms with Crippen LogP contribution >= 0.6 is 11.3 Å². The molecule has 3 aromatic rings. The monoisotopic (exact) mass is 385 g/mol. The average Bonchev–Trinajstić information content (AvgIpc) is 3.08.